The van der Waals surface area contributed by atoms with Crippen molar-refractivity contribution in [3.05, 3.63) is 48.5 Å². The minimum atomic E-state index is 0. The van der Waals surface area contributed by atoms with Crippen LogP contribution in [0, 0.1) is 11.8 Å². The topological polar surface area (TPSA) is 3.24 Å². The summed E-state index contributed by atoms with van der Waals surface area (Å²) in [5, 5.41) is 0. The summed E-state index contributed by atoms with van der Waals surface area (Å²) in [5.74, 6) is 1.75. The molecule has 0 aromatic heterocycles. The lowest BCUT2D eigenvalue weighted by Gasteiger charge is -2.52. The summed E-state index contributed by atoms with van der Waals surface area (Å²) in [6.07, 6.45) is 2.85. The number of halogens is 1. The van der Waals surface area contributed by atoms with E-state index in [1.165, 1.54) is 64.7 Å². The molecule has 0 amide bonds. The van der Waals surface area contributed by atoms with E-state index < -0.39 is 0 Å². The van der Waals surface area contributed by atoms with Crippen LogP contribution in [0.2, 0.25) is 0 Å². The first-order valence-electron chi connectivity index (χ1n) is 9.19. The van der Waals surface area contributed by atoms with Gasteiger partial charge in [0.1, 0.15) is 0 Å². The molecule has 4 heterocycles. The number of nitrogens with zero attached hydrogens (tertiary/aromatic N) is 2. The zero-order valence-electron chi connectivity index (χ0n) is 14.7. The van der Waals surface area contributed by atoms with Crippen LogP contribution in [0.15, 0.2) is 58.3 Å². The Morgan fingerprint density at radius 1 is 0.960 bits per heavy atom. The van der Waals surface area contributed by atoms with Gasteiger partial charge in [0, 0.05) is 35.1 Å². The Morgan fingerprint density at radius 2 is 1.52 bits per heavy atom. The predicted octanol–water partition coefficient (Wildman–Crippen LogP) is 1.78. The van der Waals surface area contributed by atoms with E-state index in [-0.39, 0.29) is 24.0 Å². The van der Waals surface area contributed by atoms with Gasteiger partial charge < -0.3 is 33.4 Å². The van der Waals surface area contributed by atoms with Gasteiger partial charge in [0.25, 0.3) is 0 Å². The van der Waals surface area contributed by atoms with Crippen molar-refractivity contribution >= 4 is 23.1 Å². The summed E-state index contributed by atoms with van der Waals surface area (Å²) in [6, 6.07) is 17.8. The molecule has 1 atom stereocenters. The fourth-order valence-corrected chi connectivity index (χ4v) is 6.10. The van der Waals surface area contributed by atoms with Crippen molar-refractivity contribution in [3.8, 4) is 0 Å². The molecule has 0 spiro atoms. The van der Waals surface area contributed by atoms with Crippen LogP contribution < -0.4 is 28.9 Å². The maximum atomic E-state index is 2.61. The molecule has 6 rings (SSSR count). The van der Waals surface area contributed by atoms with Gasteiger partial charge in [-0.15, -0.1) is 0 Å². The molecule has 0 aliphatic carbocycles. The van der Waals surface area contributed by atoms with Crippen LogP contribution in [0.5, 0.6) is 0 Å². The Kier molecular flexibility index (Phi) is 4.80. The second kappa shape index (κ2) is 6.78. The number of hydrogen-bond acceptors (Lipinski definition) is 2. The van der Waals surface area contributed by atoms with E-state index in [9.17, 15) is 0 Å². The number of piperidine rings is 3. The Labute approximate surface area is 172 Å². The van der Waals surface area contributed by atoms with Gasteiger partial charge in [-0.05, 0) is 30.2 Å². The summed E-state index contributed by atoms with van der Waals surface area (Å²) >= 11 is 1.92. The monoisotopic (exact) mass is 464 g/mol. The van der Waals surface area contributed by atoms with Gasteiger partial charge in [-0.25, -0.2) is 0 Å². The molecule has 1 unspecified atom stereocenters. The van der Waals surface area contributed by atoms with E-state index in [4.69, 9.17) is 0 Å². The van der Waals surface area contributed by atoms with Crippen LogP contribution in [0.3, 0.4) is 0 Å². The lowest BCUT2D eigenvalue weighted by Crippen LogP contribution is -3.00. The third kappa shape index (κ3) is 3.10. The minimum absolute atomic E-state index is 0. The van der Waals surface area contributed by atoms with Gasteiger partial charge in [-0.1, -0.05) is 36.0 Å². The van der Waals surface area contributed by atoms with Crippen LogP contribution in [0.1, 0.15) is 12.8 Å². The molecule has 25 heavy (non-hydrogen) atoms. The third-order valence-electron chi connectivity index (χ3n) is 6.37. The Bertz CT molecular complexity index is 724. The third-order valence-corrected chi connectivity index (χ3v) is 7.50. The molecule has 4 aliphatic rings. The van der Waals surface area contributed by atoms with Gasteiger partial charge in [0.05, 0.1) is 38.1 Å². The van der Waals surface area contributed by atoms with E-state index in [1.54, 1.807) is 0 Å². The number of hydrogen-bond donors (Lipinski definition) is 0. The maximum Gasteiger partial charge on any atom is 0.0833 e. The largest absolute Gasteiger partial charge is 1.00 e. The Hall–Kier alpha value is -0.720. The number of fused-ring (bicyclic) bond motifs is 5. The molecule has 2 bridgehead atoms. The lowest BCUT2D eigenvalue weighted by atomic mass is 9.77. The van der Waals surface area contributed by atoms with Crippen LogP contribution in [0.4, 0.5) is 11.4 Å². The zero-order chi connectivity index (χ0) is 16.1. The van der Waals surface area contributed by atoms with Crippen LogP contribution in [0.25, 0.3) is 0 Å². The number of quaternary nitrogens is 1. The maximum absolute atomic E-state index is 2.61. The highest BCUT2D eigenvalue weighted by Crippen LogP contribution is 2.49. The summed E-state index contributed by atoms with van der Waals surface area (Å²) < 4.78 is 1.30. The van der Waals surface area contributed by atoms with E-state index >= 15 is 0 Å². The number of para-hydroxylation sites is 2. The molecule has 0 saturated carbocycles. The summed E-state index contributed by atoms with van der Waals surface area (Å²) in [7, 11) is 2.47. The van der Waals surface area contributed by atoms with Crippen molar-refractivity contribution in [2.75, 3.05) is 38.1 Å². The van der Waals surface area contributed by atoms with E-state index in [2.05, 4.69) is 60.5 Å². The highest BCUT2D eigenvalue weighted by atomic mass is 127. The number of rotatable bonds is 2. The molecule has 132 valence electrons. The van der Waals surface area contributed by atoms with Crippen molar-refractivity contribution in [3.63, 3.8) is 0 Å². The standard InChI is InChI=1S/C21H25N2S.HI/c1-23-12-10-16(11-13-23)17(15-23)14-22-18-6-2-4-8-20(18)24-21-9-5-3-7-19(21)22;/h2-9,16-17H,10-15H2,1H3;1H/q+1;/p-1. The van der Waals surface area contributed by atoms with Crippen molar-refractivity contribution in [1.29, 1.82) is 0 Å². The van der Waals surface area contributed by atoms with Crippen LogP contribution in [-0.4, -0.2) is 37.7 Å². The molecule has 2 aromatic rings. The summed E-state index contributed by atoms with van der Waals surface area (Å²) in [6.45, 7) is 5.32. The highest BCUT2D eigenvalue weighted by molar-refractivity contribution is 7.99. The Balaban J connectivity index is 0.00000157. The minimum Gasteiger partial charge on any atom is -1.00 e. The van der Waals surface area contributed by atoms with Crippen molar-refractivity contribution in [1.82, 2.24) is 0 Å². The van der Waals surface area contributed by atoms with Gasteiger partial charge in [-0.3, -0.25) is 0 Å². The van der Waals surface area contributed by atoms with E-state index in [0.29, 0.717) is 0 Å². The molecule has 4 aliphatic heterocycles. The molecule has 0 radical (unpaired) electrons. The first-order chi connectivity index (χ1) is 11.7. The Morgan fingerprint density at radius 3 is 2.08 bits per heavy atom. The second-order valence-corrected chi connectivity index (χ2v) is 9.08. The first kappa shape index (κ1) is 17.7. The van der Waals surface area contributed by atoms with Crippen molar-refractivity contribution in [2.45, 2.75) is 22.6 Å². The first-order valence-corrected chi connectivity index (χ1v) is 10.0. The SMILES string of the molecule is C[N+]12CCC(CC1)C(CN1c3ccccc3Sc3ccccc31)C2.[I-]. The van der Waals surface area contributed by atoms with E-state index in [0.717, 1.165) is 11.8 Å². The quantitative estimate of drug-likeness (QED) is 0.493. The zero-order valence-corrected chi connectivity index (χ0v) is 17.7. The number of anilines is 2. The van der Waals surface area contributed by atoms with Gasteiger partial charge in [0.15, 0.2) is 0 Å². The fourth-order valence-electron chi connectivity index (χ4n) is 5.00. The summed E-state index contributed by atoms with van der Waals surface area (Å²) in [5.41, 5.74) is 2.81. The molecular formula is C21H25IN2S. The van der Waals surface area contributed by atoms with Crippen LogP contribution >= 0.6 is 11.8 Å². The van der Waals surface area contributed by atoms with Crippen molar-refractivity contribution < 1.29 is 28.5 Å². The van der Waals surface area contributed by atoms with Crippen molar-refractivity contribution in [2.24, 2.45) is 11.8 Å². The molecule has 2 aromatic carbocycles. The average molecular weight is 464 g/mol. The smallest absolute Gasteiger partial charge is 0.0833 e. The number of benzene rings is 2. The molecule has 3 saturated heterocycles. The summed E-state index contributed by atoms with van der Waals surface area (Å²) in [4.78, 5) is 5.41. The average Bonchev–Trinajstić information content (AvgIpc) is 2.62. The molecular weight excluding hydrogens is 439 g/mol. The lowest BCUT2D eigenvalue weighted by molar-refractivity contribution is -0.928. The molecule has 4 heteroatoms. The molecule has 2 nitrogen and oxygen atoms in total. The second-order valence-electron chi connectivity index (χ2n) is 7.99. The van der Waals surface area contributed by atoms with Gasteiger partial charge in [0.2, 0.25) is 0 Å². The highest BCUT2D eigenvalue weighted by Gasteiger charge is 2.44. The van der Waals surface area contributed by atoms with Gasteiger partial charge >= 0.3 is 0 Å². The predicted molar refractivity (Wildman–Crippen MR) is 101 cm³/mol. The molecule has 0 N–H and O–H groups in total. The normalized spacial score (nSPS) is 29.6. The molecule has 3 fully saturated rings. The van der Waals surface area contributed by atoms with Crippen LogP contribution in [-0.2, 0) is 0 Å². The van der Waals surface area contributed by atoms with E-state index in [1.807, 2.05) is 11.8 Å². The van der Waals surface area contributed by atoms with Gasteiger partial charge in [-0.2, -0.15) is 0 Å². The fraction of sp³-hybridized carbons (Fsp3) is 0.429.